The van der Waals surface area contributed by atoms with E-state index >= 15 is 0 Å². The van der Waals surface area contributed by atoms with Crippen LogP contribution in [0.15, 0.2) is 22.8 Å². The molecule has 3 N–H and O–H groups in total. The van der Waals surface area contributed by atoms with E-state index in [4.69, 9.17) is 10.2 Å². The van der Waals surface area contributed by atoms with Crippen molar-refractivity contribution in [2.75, 3.05) is 6.54 Å². The van der Waals surface area contributed by atoms with Crippen molar-refractivity contribution in [2.24, 2.45) is 11.7 Å². The minimum Gasteiger partial charge on any atom is -0.469 e. The van der Waals surface area contributed by atoms with Gasteiger partial charge in [0, 0.05) is 18.9 Å². The lowest BCUT2D eigenvalue weighted by atomic mass is 10.1. The van der Waals surface area contributed by atoms with Crippen LogP contribution in [-0.4, -0.2) is 18.5 Å². The fourth-order valence-corrected chi connectivity index (χ4v) is 1.52. The molecule has 4 nitrogen and oxygen atoms in total. The van der Waals surface area contributed by atoms with Gasteiger partial charge in [0.1, 0.15) is 5.76 Å². The minimum atomic E-state index is 0.0528. The molecular weight excluding hydrogens is 204 g/mol. The number of nitrogens with one attached hydrogen (secondary N) is 1. The van der Waals surface area contributed by atoms with Crippen molar-refractivity contribution in [1.82, 2.24) is 5.32 Å². The van der Waals surface area contributed by atoms with Crippen molar-refractivity contribution < 1.29 is 9.21 Å². The van der Waals surface area contributed by atoms with E-state index in [9.17, 15) is 4.79 Å². The number of nitrogens with two attached hydrogens (primary N) is 1. The van der Waals surface area contributed by atoms with E-state index in [2.05, 4.69) is 5.32 Å². The van der Waals surface area contributed by atoms with Gasteiger partial charge in [0.15, 0.2) is 0 Å². The van der Waals surface area contributed by atoms with Gasteiger partial charge in [-0.25, -0.2) is 0 Å². The predicted octanol–water partition coefficient (Wildman–Crippen LogP) is 1.31. The molecule has 1 amide bonds. The SMILES string of the molecule is CC(CN)CC(=O)NC(C)Cc1ccco1. The summed E-state index contributed by atoms with van der Waals surface area (Å²) in [6.07, 6.45) is 2.84. The third kappa shape index (κ3) is 4.49. The summed E-state index contributed by atoms with van der Waals surface area (Å²) in [4.78, 5) is 11.6. The Labute approximate surface area is 96.2 Å². The molecule has 0 aliphatic carbocycles. The molecular formula is C12H20N2O2. The molecule has 0 aromatic carbocycles. The normalized spacial score (nSPS) is 14.4. The van der Waals surface area contributed by atoms with Crippen LogP contribution in [0.1, 0.15) is 26.0 Å². The molecule has 90 valence electrons. The molecule has 0 saturated carbocycles. The molecule has 0 aliphatic rings. The largest absolute Gasteiger partial charge is 0.469 e. The number of carbonyl (C=O) groups is 1. The number of rotatable bonds is 6. The molecule has 0 saturated heterocycles. The quantitative estimate of drug-likeness (QED) is 0.765. The zero-order valence-electron chi connectivity index (χ0n) is 9.90. The van der Waals surface area contributed by atoms with Crippen molar-refractivity contribution in [3.05, 3.63) is 24.2 Å². The van der Waals surface area contributed by atoms with Crippen LogP contribution in [0.5, 0.6) is 0 Å². The summed E-state index contributed by atoms with van der Waals surface area (Å²) in [7, 11) is 0. The maximum atomic E-state index is 11.6. The summed E-state index contributed by atoms with van der Waals surface area (Å²) in [5.74, 6) is 1.17. The molecule has 0 fully saturated rings. The second kappa shape index (κ2) is 6.33. The van der Waals surface area contributed by atoms with E-state index in [0.717, 1.165) is 12.2 Å². The van der Waals surface area contributed by atoms with Crippen molar-refractivity contribution in [1.29, 1.82) is 0 Å². The van der Waals surface area contributed by atoms with Gasteiger partial charge >= 0.3 is 0 Å². The molecule has 1 rings (SSSR count). The molecule has 4 heteroatoms. The Morgan fingerprint density at radius 3 is 2.88 bits per heavy atom. The van der Waals surface area contributed by atoms with Crippen LogP contribution in [0.4, 0.5) is 0 Å². The van der Waals surface area contributed by atoms with Gasteiger partial charge in [-0.05, 0) is 31.5 Å². The first-order valence-electron chi connectivity index (χ1n) is 5.63. The summed E-state index contributed by atoms with van der Waals surface area (Å²) in [6, 6.07) is 3.84. The van der Waals surface area contributed by atoms with E-state index in [1.807, 2.05) is 26.0 Å². The number of hydrogen-bond donors (Lipinski definition) is 2. The van der Waals surface area contributed by atoms with Gasteiger partial charge in [-0.2, -0.15) is 0 Å². The Kier molecular flexibility index (Phi) is 5.05. The number of furan rings is 1. The molecule has 2 unspecified atom stereocenters. The average molecular weight is 224 g/mol. The predicted molar refractivity (Wildman–Crippen MR) is 62.9 cm³/mol. The molecule has 0 bridgehead atoms. The van der Waals surface area contributed by atoms with Crippen LogP contribution in [0.25, 0.3) is 0 Å². The fraction of sp³-hybridized carbons (Fsp3) is 0.583. The standard InChI is InChI=1S/C12H20N2O2/c1-9(8-13)6-12(15)14-10(2)7-11-4-3-5-16-11/h3-5,9-10H,6-8,13H2,1-2H3,(H,14,15). The van der Waals surface area contributed by atoms with Gasteiger partial charge in [-0.15, -0.1) is 0 Å². The van der Waals surface area contributed by atoms with Crippen LogP contribution in [-0.2, 0) is 11.2 Å². The van der Waals surface area contributed by atoms with Crippen LogP contribution in [0, 0.1) is 5.92 Å². The van der Waals surface area contributed by atoms with Gasteiger partial charge in [-0.3, -0.25) is 4.79 Å². The fourth-order valence-electron chi connectivity index (χ4n) is 1.52. The summed E-state index contributed by atoms with van der Waals surface area (Å²) in [5, 5.41) is 2.93. The lowest BCUT2D eigenvalue weighted by Crippen LogP contribution is -2.35. The van der Waals surface area contributed by atoms with Crippen molar-refractivity contribution in [3.8, 4) is 0 Å². The highest BCUT2D eigenvalue weighted by Gasteiger charge is 2.11. The first-order valence-corrected chi connectivity index (χ1v) is 5.63. The summed E-state index contributed by atoms with van der Waals surface area (Å²) in [5.41, 5.74) is 5.47. The van der Waals surface area contributed by atoms with Crippen LogP contribution >= 0.6 is 0 Å². The second-order valence-electron chi connectivity index (χ2n) is 4.30. The smallest absolute Gasteiger partial charge is 0.220 e. The topological polar surface area (TPSA) is 68.3 Å². The Bertz CT molecular complexity index is 309. The highest BCUT2D eigenvalue weighted by molar-refractivity contribution is 5.76. The van der Waals surface area contributed by atoms with Gasteiger partial charge in [0.05, 0.1) is 6.26 Å². The van der Waals surface area contributed by atoms with Crippen molar-refractivity contribution >= 4 is 5.91 Å². The van der Waals surface area contributed by atoms with E-state index in [1.54, 1.807) is 6.26 Å². The Hall–Kier alpha value is -1.29. The van der Waals surface area contributed by atoms with Gasteiger partial charge in [-0.1, -0.05) is 6.92 Å². The summed E-state index contributed by atoms with van der Waals surface area (Å²) >= 11 is 0. The molecule has 0 aliphatic heterocycles. The molecule has 0 radical (unpaired) electrons. The highest BCUT2D eigenvalue weighted by Crippen LogP contribution is 2.05. The maximum absolute atomic E-state index is 11.6. The maximum Gasteiger partial charge on any atom is 0.220 e. The summed E-state index contributed by atoms with van der Waals surface area (Å²) in [6.45, 7) is 4.48. The summed E-state index contributed by atoms with van der Waals surface area (Å²) < 4.78 is 5.22. The molecule has 1 aromatic heterocycles. The van der Waals surface area contributed by atoms with E-state index < -0.39 is 0 Å². The van der Waals surface area contributed by atoms with Gasteiger partial charge in [0.25, 0.3) is 0 Å². The monoisotopic (exact) mass is 224 g/mol. The molecule has 1 heterocycles. The molecule has 16 heavy (non-hydrogen) atoms. The molecule has 1 aromatic rings. The number of amides is 1. The minimum absolute atomic E-state index is 0.0528. The first-order chi connectivity index (χ1) is 7.61. The van der Waals surface area contributed by atoms with E-state index in [1.165, 1.54) is 0 Å². The van der Waals surface area contributed by atoms with Crippen LogP contribution < -0.4 is 11.1 Å². The van der Waals surface area contributed by atoms with Crippen LogP contribution in [0.3, 0.4) is 0 Å². The van der Waals surface area contributed by atoms with E-state index in [0.29, 0.717) is 13.0 Å². The lowest BCUT2D eigenvalue weighted by molar-refractivity contribution is -0.122. The number of hydrogen-bond acceptors (Lipinski definition) is 3. The Morgan fingerprint density at radius 2 is 2.31 bits per heavy atom. The lowest BCUT2D eigenvalue weighted by Gasteiger charge is -2.14. The third-order valence-electron chi connectivity index (χ3n) is 2.43. The van der Waals surface area contributed by atoms with Crippen LogP contribution in [0.2, 0.25) is 0 Å². The Morgan fingerprint density at radius 1 is 1.56 bits per heavy atom. The van der Waals surface area contributed by atoms with Crippen molar-refractivity contribution in [2.45, 2.75) is 32.7 Å². The zero-order valence-corrected chi connectivity index (χ0v) is 9.90. The van der Waals surface area contributed by atoms with Gasteiger partial charge < -0.3 is 15.5 Å². The average Bonchev–Trinajstić information content (AvgIpc) is 2.69. The third-order valence-corrected chi connectivity index (χ3v) is 2.43. The highest BCUT2D eigenvalue weighted by atomic mass is 16.3. The van der Waals surface area contributed by atoms with Crippen molar-refractivity contribution in [3.63, 3.8) is 0 Å². The number of carbonyl (C=O) groups excluding carboxylic acids is 1. The van der Waals surface area contributed by atoms with E-state index in [-0.39, 0.29) is 17.9 Å². The second-order valence-corrected chi connectivity index (χ2v) is 4.30. The van der Waals surface area contributed by atoms with Gasteiger partial charge in [0.2, 0.25) is 5.91 Å². The molecule has 0 spiro atoms. The first kappa shape index (κ1) is 12.8. The zero-order chi connectivity index (χ0) is 12.0. The Balaban J connectivity index is 2.28. The molecule has 2 atom stereocenters.